The second-order valence-electron chi connectivity index (χ2n) is 10.7. The number of nitrogens with zero attached hydrogens (tertiary/aromatic N) is 2. The zero-order chi connectivity index (χ0) is 21.6. The van der Waals surface area contributed by atoms with E-state index >= 15 is 0 Å². The van der Waals surface area contributed by atoms with Crippen molar-refractivity contribution < 1.29 is 0 Å². The van der Waals surface area contributed by atoms with Crippen LogP contribution < -0.4 is 0 Å². The first-order valence-corrected chi connectivity index (χ1v) is 12.6. The SMILES string of the molecule is CC(C)C1CCCN(Cc2cccc(CC(C)C3CCN(Cc4ccccc4)C3)c2)C1. The zero-order valence-corrected chi connectivity index (χ0v) is 20.0. The van der Waals surface area contributed by atoms with Crippen LogP contribution in [0.3, 0.4) is 0 Å². The molecule has 3 atom stereocenters. The largest absolute Gasteiger partial charge is 0.299 e. The normalized spacial score (nSPS) is 24.0. The van der Waals surface area contributed by atoms with Gasteiger partial charge in [-0.1, -0.05) is 75.4 Å². The predicted octanol–water partition coefficient (Wildman–Crippen LogP) is 6.26. The van der Waals surface area contributed by atoms with E-state index in [0.29, 0.717) is 0 Å². The van der Waals surface area contributed by atoms with Gasteiger partial charge in [-0.05, 0) is 79.1 Å². The molecule has 0 aliphatic carbocycles. The minimum atomic E-state index is 0.747. The molecule has 2 heteroatoms. The maximum absolute atomic E-state index is 2.69. The van der Waals surface area contributed by atoms with Crippen LogP contribution in [-0.2, 0) is 19.5 Å². The van der Waals surface area contributed by atoms with Gasteiger partial charge in [-0.15, -0.1) is 0 Å². The van der Waals surface area contributed by atoms with Crippen LogP contribution >= 0.6 is 0 Å². The standard InChI is InChI=1S/C29H42N2/c1-23(2)28-13-8-15-30(21-28)20-27-12-7-11-26(18-27)17-24(3)29-14-16-31(22-29)19-25-9-5-4-6-10-25/h4-7,9-12,18,23-24,28-29H,8,13-17,19-22H2,1-3H3. The van der Waals surface area contributed by atoms with Crippen molar-refractivity contribution in [3.8, 4) is 0 Å². The molecule has 31 heavy (non-hydrogen) atoms. The molecular formula is C29H42N2. The Morgan fingerprint density at radius 2 is 1.42 bits per heavy atom. The fraction of sp³-hybridized carbons (Fsp3) is 0.586. The highest BCUT2D eigenvalue weighted by molar-refractivity contribution is 5.24. The first-order chi connectivity index (χ1) is 15.1. The highest BCUT2D eigenvalue weighted by Gasteiger charge is 2.27. The molecular weight excluding hydrogens is 376 g/mol. The Balaban J connectivity index is 1.28. The Morgan fingerprint density at radius 3 is 2.23 bits per heavy atom. The molecule has 0 amide bonds. The van der Waals surface area contributed by atoms with E-state index in [-0.39, 0.29) is 0 Å². The van der Waals surface area contributed by atoms with E-state index in [9.17, 15) is 0 Å². The van der Waals surface area contributed by atoms with Crippen molar-refractivity contribution in [3.63, 3.8) is 0 Å². The van der Waals surface area contributed by atoms with Gasteiger partial charge in [0.1, 0.15) is 0 Å². The van der Waals surface area contributed by atoms with Crippen molar-refractivity contribution >= 4 is 0 Å². The van der Waals surface area contributed by atoms with E-state index in [2.05, 4.69) is 85.2 Å². The molecule has 0 spiro atoms. The van der Waals surface area contributed by atoms with Crippen molar-refractivity contribution in [2.75, 3.05) is 26.2 Å². The van der Waals surface area contributed by atoms with Crippen LogP contribution in [0, 0.1) is 23.7 Å². The van der Waals surface area contributed by atoms with Gasteiger partial charge in [-0.2, -0.15) is 0 Å². The molecule has 0 aromatic heterocycles. The van der Waals surface area contributed by atoms with Crippen LogP contribution in [0.5, 0.6) is 0 Å². The molecule has 2 aliphatic heterocycles. The van der Waals surface area contributed by atoms with Gasteiger partial charge < -0.3 is 0 Å². The summed E-state index contributed by atoms with van der Waals surface area (Å²) in [6, 6.07) is 20.4. The second kappa shape index (κ2) is 10.8. The fourth-order valence-electron chi connectivity index (χ4n) is 5.74. The molecule has 2 aliphatic rings. The molecule has 2 aromatic rings. The lowest BCUT2D eigenvalue weighted by atomic mass is 9.87. The molecule has 0 saturated carbocycles. The molecule has 3 unspecified atom stereocenters. The third kappa shape index (κ3) is 6.43. The summed E-state index contributed by atoms with van der Waals surface area (Å²) in [5.41, 5.74) is 4.48. The highest BCUT2D eigenvalue weighted by Crippen LogP contribution is 2.29. The van der Waals surface area contributed by atoms with Gasteiger partial charge in [-0.3, -0.25) is 9.80 Å². The van der Waals surface area contributed by atoms with Crippen LogP contribution in [0.4, 0.5) is 0 Å². The van der Waals surface area contributed by atoms with Gasteiger partial charge >= 0.3 is 0 Å². The Hall–Kier alpha value is -1.64. The number of hydrogen-bond acceptors (Lipinski definition) is 2. The number of hydrogen-bond donors (Lipinski definition) is 0. The van der Waals surface area contributed by atoms with Crippen molar-refractivity contribution in [1.29, 1.82) is 0 Å². The smallest absolute Gasteiger partial charge is 0.0233 e. The van der Waals surface area contributed by atoms with E-state index in [1.54, 1.807) is 0 Å². The zero-order valence-electron chi connectivity index (χ0n) is 20.0. The molecule has 4 rings (SSSR count). The molecule has 0 bridgehead atoms. The lowest BCUT2D eigenvalue weighted by Gasteiger charge is -2.34. The third-order valence-electron chi connectivity index (χ3n) is 7.80. The monoisotopic (exact) mass is 418 g/mol. The molecule has 2 heterocycles. The summed E-state index contributed by atoms with van der Waals surface area (Å²) in [7, 11) is 0. The van der Waals surface area contributed by atoms with E-state index in [4.69, 9.17) is 0 Å². The van der Waals surface area contributed by atoms with Crippen LogP contribution in [0.2, 0.25) is 0 Å². The predicted molar refractivity (Wildman–Crippen MR) is 132 cm³/mol. The first kappa shape index (κ1) is 22.6. The molecule has 0 radical (unpaired) electrons. The molecule has 0 N–H and O–H groups in total. The molecule has 2 aromatic carbocycles. The minimum Gasteiger partial charge on any atom is -0.299 e. The molecule has 168 valence electrons. The van der Waals surface area contributed by atoms with E-state index in [0.717, 1.165) is 36.8 Å². The van der Waals surface area contributed by atoms with Crippen molar-refractivity contribution in [2.45, 2.75) is 59.5 Å². The summed E-state index contributed by atoms with van der Waals surface area (Å²) in [4.78, 5) is 5.34. The average Bonchev–Trinajstić information content (AvgIpc) is 3.23. The van der Waals surface area contributed by atoms with Crippen LogP contribution in [0.1, 0.15) is 56.7 Å². The van der Waals surface area contributed by atoms with Crippen molar-refractivity contribution in [1.82, 2.24) is 9.80 Å². The maximum atomic E-state index is 2.69. The topological polar surface area (TPSA) is 6.48 Å². The average molecular weight is 419 g/mol. The van der Waals surface area contributed by atoms with Gasteiger partial charge in [0, 0.05) is 26.2 Å². The number of piperidine rings is 1. The molecule has 2 nitrogen and oxygen atoms in total. The first-order valence-electron chi connectivity index (χ1n) is 12.6. The minimum absolute atomic E-state index is 0.747. The number of benzene rings is 2. The van der Waals surface area contributed by atoms with Gasteiger partial charge in [0.05, 0.1) is 0 Å². The van der Waals surface area contributed by atoms with Gasteiger partial charge in [-0.25, -0.2) is 0 Å². The molecule has 2 saturated heterocycles. The van der Waals surface area contributed by atoms with E-state index < -0.39 is 0 Å². The second-order valence-corrected chi connectivity index (χ2v) is 10.7. The van der Waals surface area contributed by atoms with Crippen LogP contribution in [-0.4, -0.2) is 36.0 Å². The van der Waals surface area contributed by atoms with Gasteiger partial charge in [0.25, 0.3) is 0 Å². The van der Waals surface area contributed by atoms with Crippen molar-refractivity contribution in [2.24, 2.45) is 23.7 Å². The summed E-state index contributed by atoms with van der Waals surface area (Å²) in [6.45, 7) is 14.5. The van der Waals surface area contributed by atoms with Crippen LogP contribution in [0.15, 0.2) is 54.6 Å². The van der Waals surface area contributed by atoms with Gasteiger partial charge in [0.15, 0.2) is 0 Å². The summed E-state index contributed by atoms with van der Waals surface area (Å²) in [6.07, 6.45) is 5.33. The number of rotatable bonds is 8. The quantitative estimate of drug-likeness (QED) is 0.499. The lowest BCUT2D eigenvalue weighted by Crippen LogP contribution is -2.36. The fourth-order valence-corrected chi connectivity index (χ4v) is 5.74. The summed E-state index contributed by atoms with van der Waals surface area (Å²) in [5, 5.41) is 0. The van der Waals surface area contributed by atoms with Gasteiger partial charge in [0.2, 0.25) is 0 Å². The lowest BCUT2D eigenvalue weighted by molar-refractivity contribution is 0.139. The summed E-state index contributed by atoms with van der Waals surface area (Å²) >= 11 is 0. The summed E-state index contributed by atoms with van der Waals surface area (Å²) in [5.74, 6) is 3.25. The van der Waals surface area contributed by atoms with E-state index in [1.165, 1.54) is 68.6 Å². The Morgan fingerprint density at radius 1 is 0.742 bits per heavy atom. The van der Waals surface area contributed by atoms with E-state index in [1.807, 2.05) is 0 Å². The Labute approximate surface area is 190 Å². The van der Waals surface area contributed by atoms with Crippen molar-refractivity contribution in [3.05, 3.63) is 71.3 Å². The Bertz CT molecular complexity index is 799. The Kier molecular flexibility index (Phi) is 7.85. The maximum Gasteiger partial charge on any atom is 0.0233 e. The summed E-state index contributed by atoms with van der Waals surface area (Å²) < 4.78 is 0. The highest BCUT2D eigenvalue weighted by atomic mass is 15.1. The third-order valence-corrected chi connectivity index (χ3v) is 7.80. The van der Waals surface area contributed by atoms with Crippen LogP contribution in [0.25, 0.3) is 0 Å². The molecule has 2 fully saturated rings. The number of likely N-dealkylation sites (tertiary alicyclic amines) is 2.